The molecule has 1 fully saturated rings. The van der Waals surface area contributed by atoms with Gasteiger partial charge in [-0.2, -0.15) is 0 Å². The lowest BCUT2D eigenvalue weighted by Crippen LogP contribution is -2.03. The summed E-state index contributed by atoms with van der Waals surface area (Å²) in [6.07, 6.45) is 6.64. The third-order valence-corrected chi connectivity index (χ3v) is 2.88. The van der Waals surface area contributed by atoms with E-state index in [1.807, 2.05) is 18.5 Å². The van der Waals surface area contributed by atoms with Crippen molar-refractivity contribution in [1.82, 2.24) is 4.98 Å². The van der Waals surface area contributed by atoms with Crippen LogP contribution >= 0.6 is 11.8 Å². The van der Waals surface area contributed by atoms with Crippen molar-refractivity contribution < 1.29 is 4.74 Å². The molecule has 1 aromatic heterocycles. The molecule has 0 bridgehead atoms. The van der Waals surface area contributed by atoms with E-state index >= 15 is 0 Å². The maximum atomic E-state index is 5.77. The summed E-state index contributed by atoms with van der Waals surface area (Å²) in [6, 6.07) is 1.95. The summed E-state index contributed by atoms with van der Waals surface area (Å²) >= 11 is 1.66. The Morgan fingerprint density at radius 2 is 2.43 bits per heavy atom. The molecule has 1 aliphatic rings. The van der Waals surface area contributed by atoms with Gasteiger partial charge in [-0.3, -0.25) is 4.98 Å². The highest BCUT2D eigenvalue weighted by Crippen LogP contribution is 2.33. The molecule has 14 heavy (non-hydrogen) atoms. The Labute approximate surface area is 88.0 Å². The molecule has 1 aliphatic carbocycles. The lowest BCUT2D eigenvalue weighted by atomic mass is 10.3. The van der Waals surface area contributed by atoms with E-state index in [0.29, 0.717) is 12.6 Å². The monoisotopic (exact) mass is 210 g/mol. The molecule has 0 aliphatic heterocycles. The first kappa shape index (κ1) is 9.80. The third kappa shape index (κ3) is 2.19. The number of ether oxygens (including phenoxy) is 1. The van der Waals surface area contributed by atoms with Crippen LogP contribution in [0.15, 0.2) is 17.2 Å². The Morgan fingerprint density at radius 3 is 3.00 bits per heavy atom. The number of pyridine rings is 1. The molecular weight excluding hydrogens is 196 g/mol. The minimum Gasteiger partial charge on any atom is -0.489 e. The van der Waals surface area contributed by atoms with Crippen molar-refractivity contribution in [1.29, 1.82) is 0 Å². The van der Waals surface area contributed by atoms with E-state index in [9.17, 15) is 0 Å². The molecule has 0 spiro atoms. The summed E-state index contributed by atoms with van der Waals surface area (Å²) in [7, 11) is 0. The number of rotatable bonds is 4. The molecule has 0 unspecified atom stereocenters. The number of hydrogen-bond donors (Lipinski definition) is 1. The highest BCUT2D eigenvalue weighted by molar-refractivity contribution is 7.98. The summed E-state index contributed by atoms with van der Waals surface area (Å²) in [5.41, 5.74) is 6.42. The topological polar surface area (TPSA) is 48.1 Å². The van der Waals surface area contributed by atoms with Crippen LogP contribution in [-0.4, -0.2) is 17.3 Å². The Kier molecular flexibility index (Phi) is 2.93. The minimum atomic E-state index is 0.425. The van der Waals surface area contributed by atoms with E-state index in [1.54, 1.807) is 11.8 Å². The van der Waals surface area contributed by atoms with Crippen LogP contribution in [0, 0.1) is 0 Å². The van der Waals surface area contributed by atoms with Crippen molar-refractivity contribution in [3.8, 4) is 5.75 Å². The molecule has 3 nitrogen and oxygen atoms in total. The number of thioether (sulfide) groups is 1. The molecule has 1 saturated carbocycles. The molecule has 0 atom stereocenters. The van der Waals surface area contributed by atoms with Crippen molar-refractivity contribution in [3.63, 3.8) is 0 Å². The fourth-order valence-electron chi connectivity index (χ4n) is 1.19. The molecule has 1 heterocycles. The minimum absolute atomic E-state index is 0.425. The van der Waals surface area contributed by atoms with Crippen LogP contribution in [0.3, 0.4) is 0 Å². The van der Waals surface area contributed by atoms with Crippen LogP contribution in [0.4, 0.5) is 0 Å². The number of hydrogen-bond acceptors (Lipinski definition) is 4. The number of aromatic nitrogens is 1. The quantitative estimate of drug-likeness (QED) is 0.770. The molecule has 1 aromatic rings. The number of nitrogens with zero attached hydrogens (tertiary/aromatic N) is 1. The molecule has 2 rings (SSSR count). The van der Waals surface area contributed by atoms with Gasteiger partial charge in [0, 0.05) is 18.8 Å². The molecule has 0 saturated heterocycles. The zero-order valence-corrected chi connectivity index (χ0v) is 9.01. The lowest BCUT2D eigenvalue weighted by Gasteiger charge is -2.09. The Hall–Kier alpha value is -0.740. The van der Waals surface area contributed by atoms with Gasteiger partial charge in [0.2, 0.25) is 0 Å². The summed E-state index contributed by atoms with van der Waals surface area (Å²) in [5, 5.41) is 0. The Balaban J connectivity index is 2.21. The predicted molar refractivity (Wildman–Crippen MR) is 57.6 cm³/mol. The zero-order chi connectivity index (χ0) is 9.97. The van der Waals surface area contributed by atoms with Gasteiger partial charge in [-0.1, -0.05) is 0 Å². The molecule has 0 radical (unpaired) electrons. The summed E-state index contributed by atoms with van der Waals surface area (Å²) < 4.78 is 5.77. The van der Waals surface area contributed by atoms with Crippen LogP contribution < -0.4 is 10.5 Å². The van der Waals surface area contributed by atoms with Crippen LogP contribution in [0.1, 0.15) is 18.5 Å². The maximum absolute atomic E-state index is 5.77. The fraction of sp³-hybridized carbons (Fsp3) is 0.500. The molecule has 76 valence electrons. The van der Waals surface area contributed by atoms with Crippen LogP contribution in [-0.2, 0) is 6.54 Å². The van der Waals surface area contributed by atoms with Crippen LogP contribution in [0.25, 0.3) is 0 Å². The van der Waals surface area contributed by atoms with Gasteiger partial charge in [0.05, 0.1) is 16.7 Å². The molecule has 4 heteroatoms. The van der Waals surface area contributed by atoms with Gasteiger partial charge in [-0.15, -0.1) is 11.8 Å². The van der Waals surface area contributed by atoms with Crippen LogP contribution in [0.2, 0.25) is 0 Å². The van der Waals surface area contributed by atoms with Crippen molar-refractivity contribution in [2.24, 2.45) is 5.73 Å². The second-order valence-electron chi connectivity index (χ2n) is 3.35. The molecular formula is C10H14N2OS. The lowest BCUT2D eigenvalue weighted by molar-refractivity contribution is 0.295. The van der Waals surface area contributed by atoms with Gasteiger partial charge in [0.15, 0.2) is 0 Å². The van der Waals surface area contributed by atoms with E-state index in [1.165, 1.54) is 12.8 Å². The Bertz CT molecular complexity index is 326. The van der Waals surface area contributed by atoms with Gasteiger partial charge in [-0.05, 0) is 19.1 Å². The first-order chi connectivity index (χ1) is 6.83. The largest absolute Gasteiger partial charge is 0.489 e. The average Bonchev–Trinajstić information content (AvgIpc) is 3.01. The number of nitrogens with two attached hydrogens (primary N) is 1. The summed E-state index contributed by atoms with van der Waals surface area (Å²) in [4.78, 5) is 5.32. The van der Waals surface area contributed by atoms with Crippen molar-refractivity contribution in [3.05, 3.63) is 18.0 Å². The van der Waals surface area contributed by atoms with Gasteiger partial charge >= 0.3 is 0 Å². The SMILES string of the molecule is CSc1cnc(CN)cc1OC1CC1. The van der Waals surface area contributed by atoms with Gasteiger partial charge < -0.3 is 10.5 Å². The Morgan fingerprint density at radius 1 is 1.64 bits per heavy atom. The second kappa shape index (κ2) is 4.19. The van der Waals surface area contributed by atoms with E-state index in [-0.39, 0.29) is 0 Å². The van der Waals surface area contributed by atoms with E-state index < -0.39 is 0 Å². The van der Waals surface area contributed by atoms with Gasteiger partial charge in [0.1, 0.15) is 5.75 Å². The zero-order valence-electron chi connectivity index (χ0n) is 8.19. The third-order valence-electron chi connectivity index (χ3n) is 2.14. The van der Waals surface area contributed by atoms with E-state index in [2.05, 4.69) is 4.98 Å². The standard InChI is InChI=1S/C10H14N2OS/c1-14-10-6-12-7(5-11)4-9(10)13-8-2-3-8/h4,6,8H,2-3,5,11H2,1H3. The van der Waals surface area contributed by atoms with E-state index in [4.69, 9.17) is 10.5 Å². The van der Waals surface area contributed by atoms with Gasteiger partial charge in [-0.25, -0.2) is 0 Å². The highest BCUT2D eigenvalue weighted by Gasteiger charge is 2.24. The highest BCUT2D eigenvalue weighted by atomic mass is 32.2. The molecule has 2 N–H and O–H groups in total. The first-order valence-electron chi connectivity index (χ1n) is 4.73. The van der Waals surface area contributed by atoms with Crippen LogP contribution in [0.5, 0.6) is 5.75 Å². The second-order valence-corrected chi connectivity index (χ2v) is 4.20. The van der Waals surface area contributed by atoms with Crippen molar-refractivity contribution in [2.45, 2.75) is 30.4 Å². The smallest absolute Gasteiger partial charge is 0.136 e. The fourth-order valence-corrected chi connectivity index (χ4v) is 1.65. The van der Waals surface area contributed by atoms with Crippen molar-refractivity contribution in [2.75, 3.05) is 6.26 Å². The average molecular weight is 210 g/mol. The van der Waals surface area contributed by atoms with E-state index in [0.717, 1.165) is 16.3 Å². The van der Waals surface area contributed by atoms with Crippen molar-refractivity contribution >= 4 is 11.8 Å². The summed E-state index contributed by atoms with van der Waals surface area (Å²) in [5.74, 6) is 0.940. The summed E-state index contributed by atoms with van der Waals surface area (Å²) in [6.45, 7) is 0.468. The first-order valence-corrected chi connectivity index (χ1v) is 5.95. The maximum Gasteiger partial charge on any atom is 0.136 e. The predicted octanol–water partition coefficient (Wildman–Crippen LogP) is 1.80. The normalized spacial score (nSPS) is 15.6. The molecule has 0 aromatic carbocycles. The molecule has 0 amide bonds. The van der Waals surface area contributed by atoms with Gasteiger partial charge in [0.25, 0.3) is 0 Å².